The second kappa shape index (κ2) is 7.57. The van der Waals surface area contributed by atoms with Crippen LogP contribution in [0.15, 0.2) is 84.9 Å². The molecule has 0 saturated heterocycles. The first-order chi connectivity index (χ1) is 16.1. The molecule has 6 heteroatoms. The molecule has 6 aromatic rings. The summed E-state index contributed by atoms with van der Waals surface area (Å²) >= 11 is 6.22. The van der Waals surface area contributed by atoms with Crippen molar-refractivity contribution in [3.8, 4) is 22.5 Å². The van der Waals surface area contributed by atoms with Crippen LogP contribution in [0, 0.1) is 13.8 Å². The van der Waals surface area contributed by atoms with Gasteiger partial charge in [0, 0.05) is 10.6 Å². The minimum atomic E-state index is 0.702. The number of pyridine rings is 1. The normalized spacial score (nSPS) is 11.5. The van der Waals surface area contributed by atoms with Crippen molar-refractivity contribution in [2.45, 2.75) is 13.8 Å². The van der Waals surface area contributed by atoms with Gasteiger partial charge in [-0.3, -0.25) is 0 Å². The second-order valence-electron chi connectivity index (χ2n) is 8.06. The van der Waals surface area contributed by atoms with Gasteiger partial charge in [0.15, 0.2) is 11.3 Å². The molecule has 0 spiro atoms. The Hall–Kier alpha value is -3.96. The molecule has 0 amide bonds. The van der Waals surface area contributed by atoms with Gasteiger partial charge >= 0.3 is 0 Å². The van der Waals surface area contributed by atoms with Gasteiger partial charge in [0.1, 0.15) is 0 Å². The number of aryl methyl sites for hydroxylation is 2. The minimum absolute atomic E-state index is 0.702. The third kappa shape index (κ3) is 3.12. The highest BCUT2D eigenvalue weighted by Gasteiger charge is 2.23. The zero-order valence-electron chi connectivity index (χ0n) is 18.2. The molecule has 160 valence electrons. The summed E-state index contributed by atoms with van der Waals surface area (Å²) in [5.41, 5.74) is 7.50. The van der Waals surface area contributed by atoms with E-state index in [4.69, 9.17) is 26.8 Å². The van der Waals surface area contributed by atoms with Crippen molar-refractivity contribution in [1.29, 1.82) is 0 Å². The summed E-state index contributed by atoms with van der Waals surface area (Å²) in [5.74, 6) is 0. The van der Waals surface area contributed by atoms with Crippen molar-refractivity contribution in [3.05, 3.63) is 101 Å². The van der Waals surface area contributed by atoms with Crippen LogP contribution in [0.2, 0.25) is 5.02 Å². The predicted octanol–water partition coefficient (Wildman–Crippen LogP) is 6.70. The number of benzene rings is 3. The number of rotatable bonds is 3. The molecule has 0 atom stereocenters. The van der Waals surface area contributed by atoms with E-state index in [1.54, 1.807) is 0 Å². The number of fused-ring (bicyclic) bond motifs is 2. The second-order valence-corrected chi connectivity index (χ2v) is 8.49. The molecular weight excluding hydrogens is 430 g/mol. The monoisotopic (exact) mass is 449 g/mol. The number of hydrogen-bond donors (Lipinski definition) is 0. The topological polar surface area (TPSA) is 48.5 Å². The van der Waals surface area contributed by atoms with Crippen molar-refractivity contribution in [2.24, 2.45) is 0 Å². The summed E-state index contributed by atoms with van der Waals surface area (Å²) in [6.07, 6.45) is 0. The summed E-state index contributed by atoms with van der Waals surface area (Å²) in [7, 11) is 0. The van der Waals surface area contributed by atoms with Crippen LogP contribution >= 0.6 is 11.6 Å². The first-order valence-corrected chi connectivity index (χ1v) is 11.1. The lowest BCUT2D eigenvalue weighted by Gasteiger charge is -2.10. The fourth-order valence-electron chi connectivity index (χ4n) is 4.45. The molecular formula is C27H20ClN5. The van der Waals surface area contributed by atoms with E-state index in [1.165, 1.54) is 0 Å². The summed E-state index contributed by atoms with van der Waals surface area (Å²) in [5, 5.41) is 12.5. The molecule has 0 saturated carbocycles. The van der Waals surface area contributed by atoms with Crippen LogP contribution in [0.3, 0.4) is 0 Å². The van der Waals surface area contributed by atoms with Crippen LogP contribution in [-0.2, 0) is 0 Å². The molecule has 33 heavy (non-hydrogen) atoms. The number of aromatic nitrogens is 5. The first kappa shape index (κ1) is 19.7. The zero-order chi connectivity index (χ0) is 22.5. The maximum absolute atomic E-state index is 6.22. The van der Waals surface area contributed by atoms with Crippen LogP contribution in [0.25, 0.3) is 44.6 Å². The highest BCUT2D eigenvalue weighted by molar-refractivity contribution is 6.30. The Morgan fingerprint density at radius 2 is 1.06 bits per heavy atom. The Bertz CT molecular complexity index is 1520. The van der Waals surface area contributed by atoms with Gasteiger partial charge in [0.25, 0.3) is 0 Å². The smallest absolute Gasteiger partial charge is 0.166 e. The number of halogens is 1. The van der Waals surface area contributed by atoms with E-state index >= 15 is 0 Å². The van der Waals surface area contributed by atoms with E-state index < -0.39 is 0 Å². The molecule has 0 aliphatic heterocycles. The highest BCUT2D eigenvalue weighted by atomic mass is 35.5. The summed E-state index contributed by atoms with van der Waals surface area (Å²) in [6.45, 7) is 4.07. The molecule has 6 rings (SSSR count). The third-order valence-electron chi connectivity index (χ3n) is 5.92. The summed E-state index contributed by atoms with van der Waals surface area (Å²) in [4.78, 5) is 5.15. The van der Waals surface area contributed by atoms with E-state index in [-0.39, 0.29) is 0 Å². The Morgan fingerprint density at radius 3 is 1.52 bits per heavy atom. The minimum Gasteiger partial charge on any atom is -0.214 e. The van der Waals surface area contributed by atoms with E-state index in [9.17, 15) is 0 Å². The van der Waals surface area contributed by atoms with E-state index in [1.807, 2.05) is 96.0 Å². The summed E-state index contributed by atoms with van der Waals surface area (Å²) < 4.78 is 3.84. The maximum atomic E-state index is 6.22. The van der Waals surface area contributed by atoms with Crippen LogP contribution in [0.4, 0.5) is 0 Å². The van der Waals surface area contributed by atoms with Crippen molar-refractivity contribution in [2.75, 3.05) is 0 Å². The quantitative estimate of drug-likeness (QED) is 0.302. The highest BCUT2D eigenvalue weighted by Crippen LogP contribution is 2.39. The molecule has 3 aromatic carbocycles. The Balaban J connectivity index is 1.79. The standard InChI is InChI=1S/C27H20ClN5/c1-17-23-25(19-13-15-20(28)16-14-19)24-18(2)31-33(22-11-7-4-8-12-22)27(24)29-26(23)32(30-17)21-9-5-3-6-10-21/h3-16H,1-2H3. The number of para-hydroxylation sites is 2. The molecule has 0 radical (unpaired) electrons. The van der Waals surface area contributed by atoms with Crippen molar-refractivity contribution in [1.82, 2.24) is 24.5 Å². The predicted molar refractivity (Wildman–Crippen MR) is 133 cm³/mol. The lowest BCUT2D eigenvalue weighted by Crippen LogP contribution is -2.01. The number of hydrogen-bond acceptors (Lipinski definition) is 3. The molecule has 5 nitrogen and oxygen atoms in total. The lowest BCUT2D eigenvalue weighted by atomic mass is 9.98. The molecule has 0 aliphatic rings. The van der Waals surface area contributed by atoms with Crippen molar-refractivity contribution >= 4 is 33.7 Å². The van der Waals surface area contributed by atoms with Crippen LogP contribution < -0.4 is 0 Å². The largest absolute Gasteiger partial charge is 0.214 e. The Labute approximate surface area is 195 Å². The van der Waals surface area contributed by atoms with Crippen molar-refractivity contribution in [3.63, 3.8) is 0 Å². The maximum Gasteiger partial charge on any atom is 0.166 e. The van der Waals surface area contributed by atoms with Crippen molar-refractivity contribution < 1.29 is 0 Å². The van der Waals surface area contributed by atoms with E-state index in [0.717, 1.165) is 56.0 Å². The SMILES string of the molecule is Cc1nn(-c2ccccc2)c2nc3c(c(C)nn3-c3ccccc3)c(-c3ccc(Cl)cc3)c12. The van der Waals surface area contributed by atoms with Gasteiger partial charge in [0.05, 0.1) is 33.5 Å². The zero-order valence-corrected chi connectivity index (χ0v) is 19.0. The Morgan fingerprint density at radius 1 is 0.606 bits per heavy atom. The van der Waals surface area contributed by atoms with Gasteiger partial charge in [-0.1, -0.05) is 60.1 Å². The van der Waals surface area contributed by atoms with Crippen LogP contribution in [0.5, 0.6) is 0 Å². The van der Waals surface area contributed by atoms with Crippen LogP contribution in [-0.4, -0.2) is 24.5 Å². The fraction of sp³-hybridized carbons (Fsp3) is 0.0741. The molecule has 0 N–H and O–H groups in total. The van der Waals surface area contributed by atoms with Gasteiger partial charge in [0.2, 0.25) is 0 Å². The molecule has 3 heterocycles. The van der Waals surface area contributed by atoms with Gasteiger partial charge in [-0.05, 0) is 55.8 Å². The van der Waals surface area contributed by atoms with Crippen LogP contribution in [0.1, 0.15) is 11.4 Å². The van der Waals surface area contributed by atoms with E-state index in [2.05, 4.69) is 12.1 Å². The van der Waals surface area contributed by atoms with Gasteiger partial charge in [-0.2, -0.15) is 10.2 Å². The fourth-order valence-corrected chi connectivity index (χ4v) is 4.58. The van der Waals surface area contributed by atoms with Gasteiger partial charge in [-0.25, -0.2) is 14.3 Å². The molecule has 0 aliphatic carbocycles. The molecule has 0 fully saturated rings. The van der Waals surface area contributed by atoms with Gasteiger partial charge < -0.3 is 0 Å². The Kier molecular flexibility index (Phi) is 4.52. The average molecular weight is 450 g/mol. The molecule has 0 bridgehead atoms. The first-order valence-electron chi connectivity index (χ1n) is 10.8. The molecule has 3 aromatic heterocycles. The number of nitrogens with zero attached hydrogens (tertiary/aromatic N) is 5. The molecule has 0 unspecified atom stereocenters. The van der Waals surface area contributed by atoms with E-state index in [0.29, 0.717) is 5.02 Å². The lowest BCUT2D eigenvalue weighted by molar-refractivity contribution is 0.863. The average Bonchev–Trinajstić information content (AvgIpc) is 3.36. The van der Waals surface area contributed by atoms with Gasteiger partial charge in [-0.15, -0.1) is 0 Å². The third-order valence-corrected chi connectivity index (χ3v) is 6.17. The summed E-state index contributed by atoms with van der Waals surface area (Å²) in [6, 6.07) is 28.1.